The molecule has 90 valence electrons. The molecular weight excluding hydrogens is 212 g/mol. The molecule has 0 amide bonds. The van der Waals surface area contributed by atoms with Crippen LogP contribution in [-0.2, 0) is 0 Å². The first-order valence-electron chi connectivity index (χ1n) is 6.18. The molecule has 0 atom stereocenters. The SMILES string of the molecule is CC1(CNc2nccnc2C#N)CCCCC1. The maximum Gasteiger partial charge on any atom is 0.182 e. The lowest BCUT2D eigenvalue weighted by Crippen LogP contribution is -2.29. The molecule has 0 unspecified atom stereocenters. The smallest absolute Gasteiger partial charge is 0.182 e. The first-order valence-corrected chi connectivity index (χ1v) is 6.18. The summed E-state index contributed by atoms with van der Waals surface area (Å²) in [6, 6.07) is 2.06. The molecule has 1 aliphatic carbocycles. The van der Waals surface area contributed by atoms with Gasteiger partial charge in [0.15, 0.2) is 11.5 Å². The molecular formula is C13H18N4. The molecule has 17 heavy (non-hydrogen) atoms. The highest BCUT2D eigenvalue weighted by Crippen LogP contribution is 2.35. The quantitative estimate of drug-likeness (QED) is 0.867. The summed E-state index contributed by atoms with van der Waals surface area (Å²) in [4.78, 5) is 8.17. The number of aromatic nitrogens is 2. The first kappa shape index (κ1) is 11.8. The van der Waals surface area contributed by atoms with Gasteiger partial charge in [-0.2, -0.15) is 5.26 Å². The monoisotopic (exact) mass is 230 g/mol. The van der Waals surface area contributed by atoms with Crippen molar-refractivity contribution in [3.05, 3.63) is 18.1 Å². The average Bonchev–Trinajstić information content (AvgIpc) is 2.38. The second kappa shape index (κ2) is 5.13. The van der Waals surface area contributed by atoms with Gasteiger partial charge >= 0.3 is 0 Å². The van der Waals surface area contributed by atoms with Crippen LogP contribution in [0.3, 0.4) is 0 Å². The van der Waals surface area contributed by atoms with E-state index >= 15 is 0 Å². The van der Waals surface area contributed by atoms with Crippen molar-refractivity contribution in [1.82, 2.24) is 9.97 Å². The van der Waals surface area contributed by atoms with E-state index in [1.165, 1.54) is 32.1 Å². The Morgan fingerprint density at radius 2 is 2.00 bits per heavy atom. The van der Waals surface area contributed by atoms with Gasteiger partial charge in [-0.1, -0.05) is 26.2 Å². The predicted octanol–water partition coefficient (Wildman–Crippen LogP) is 2.73. The molecule has 4 heteroatoms. The van der Waals surface area contributed by atoms with E-state index in [1.54, 1.807) is 12.4 Å². The molecule has 4 nitrogen and oxygen atoms in total. The highest BCUT2D eigenvalue weighted by atomic mass is 15.0. The summed E-state index contributed by atoms with van der Waals surface area (Å²) in [6.45, 7) is 3.18. The van der Waals surface area contributed by atoms with Crippen molar-refractivity contribution in [3.63, 3.8) is 0 Å². The number of nitriles is 1. The molecule has 0 aromatic carbocycles. The Morgan fingerprint density at radius 3 is 2.71 bits per heavy atom. The van der Waals surface area contributed by atoms with Crippen molar-refractivity contribution in [1.29, 1.82) is 5.26 Å². The standard InChI is InChI=1S/C13H18N4/c1-13(5-3-2-4-6-13)10-17-12-11(9-14)15-7-8-16-12/h7-8H,2-6,10H2,1H3,(H,16,17). The Kier molecular flexibility index (Phi) is 3.58. The van der Waals surface area contributed by atoms with Crippen LogP contribution >= 0.6 is 0 Å². The highest BCUT2D eigenvalue weighted by molar-refractivity contribution is 5.46. The van der Waals surface area contributed by atoms with Gasteiger partial charge in [-0.05, 0) is 18.3 Å². The Hall–Kier alpha value is -1.63. The second-order valence-corrected chi connectivity index (χ2v) is 5.09. The summed E-state index contributed by atoms with van der Waals surface area (Å²) >= 11 is 0. The Bertz CT molecular complexity index is 416. The Morgan fingerprint density at radius 1 is 1.29 bits per heavy atom. The molecule has 1 saturated carbocycles. The average molecular weight is 230 g/mol. The number of nitrogens with one attached hydrogen (secondary N) is 1. The summed E-state index contributed by atoms with van der Waals surface area (Å²) in [5.41, 5.74) is 0.717. The largest absolute Gasteiger partial charge is 0.367 e. The number of hydrogen-bond donors (Lipinski definition) is 1. The molecule has 0 saturated heterocycles. The number of nitrogens with zero attached hydrogens (tertiary/aromatic N) is 3. The summed E-state index contributed by atoms with van der Waals surface area (Å²) < 4.78 is 0. The van der Waals surface area contributed by atoms with Crippen LogP contribution in [0.15, 0.2) is 12.4 Å². The lowest BCUT2D eigenvalue weighted by Gasteiger charge is -2.33. The number of hydrogen-bond acceptors (Lipinski definition) is 4. The fraction of sp³-hybridized carbons (Fsp3) is 0.615. The summed E-state index contributed by atoms with van der Waals surface area (Å²) in [7, 11) is 0. The van der Waals surface area contributed by atoms with Gasteiger partial charge in [0, 0.05) is 18.9 Å². The van der Waals surface area contributed by atoms with Crippen LogP contribution in [0.1, 0.15) is 44.7 Å². The molecule has 0 radical (unpaired) electrons. The molecule has 1 N–H and O–H groups in total. The zero-order chi connectivity index (χ0) is 12.1. The van der Waals surface area contributed by atoms with Crippen molar-refractivity contribution < 1.29 is 0 Å². The van der Waals surface area contributed by atoms with E-state index in [1.807, 2.05) is 0 Å². The van der Waals surface area contributed by atoms with Crippen LogP contribution < -0.4 is 5.32 Å². The number of anilines is 1. The molecule has 1 heterocycles. The fourth-order valence-electron chi connectivity index (χ4n) is 2.43. The second-order valence-electron chi connectivity index (χ2n) is 5.09. The molecule has 0 bridgehead atoms. The van der Waals surface area contributed by atoms with Crippen molar-refractivity contribution in [2.45, 2.75) is 39.0 Å². The lowest BCUT2D eigenvalue weighted by atomic mass is 9.76. The third kappa shape index (κ3) is 2.94. The molecule has 1 aliphatic rings. The van der Waals surface area contributed by atoms with Gasteiger partial charge in [0.05, 0.1) is 0 Å². The number of rotatable bonds is 3. The van der Waals surface area contributed by atoms with Crippen LogP contribution in [-0.4, -0.2) is 16.5 Å². The van der Waals surface area contributed by atoms with Gasteiger partial charge in [-0.3, -0.25) is 0 Å². The highest BCUT2D eigenvalue weighted by Gasteiger charge is 2.26. The molecule has 1 aromatic rings. The van der Waals surface area contributed by atoms with E-state index in [9.17, 15) is 0 Å². The van der Waals surface area contributed by atoms with Gasteiger partial charge < -0.3 is 5.32 Å². The maximum absolute atomic E-state index is 8.93. The lowest BCUT2D eigenvalue weighted by molar-refractivity contribution is 0.233. The minimum Gasteiger partial charge on any atom is -0.367 e. The van der Waals surface area contributed by atoms with Crippen molar-refractivity contribution >= 4 is 5.82 Å². The van der Waals surface area contributed by atoms with E-state index in [4.69, 9.17) is 5.26 Å². The molecule has 2 rings (SSSR count). The van der Waals surface area contributed by atoms with Crippen molar-refractivity contribution in [2.24, 2.45) is 5.41 Å². The molecule has 0 aliphatic heterocycles. The van der Waals surface area contributed by atoms with Gasteiger partial charge in [0.2, 0.25) is 0 Å². The maximum atomic E-state index is 8.93. The predicted molar refractivity (Wildman–Crippen MR) is 66.4 cm³/mol. The zero-order valence-electron chi connectivity index (χ0n) is 10.2. The fourth-order valence-corrected chi connectivity index (χ4v) is 2.43. The van der Waals surface area contributed by atoms with Gasteiger partial charge in [0.25, 0.3) is 0 Å². The van der Waals surface area contributed by atoms with Crippen molar-refractivity contribution in [3.8, 4) is 6.07 Å². The third-order valence-corrected chi connectivity index (χ3v) is 3.55. The topological polar surface area (TPSA) is 61.6 Å². The molecule has 1 fully saturated rings. The van der Waals surface area contributed by atoms with Crippen LogP contribution in [0.4, 0.5) is 5.82 Å². The Balaban J connectivity index is 2.00. The molecule has 1 aromatic heterocycles. The van der Waals surface area contributed by atoms with Crippen LogP contribution in [0.5, 0.6) is 0 Å². The van der Waals surface area contributed by atoms with E-state index in [0.29, 0.717) is 16.9 Å². The van der Waals surface area contributed by atoms with Gasteiger partial charge in [0.1, 0.15) is 6.07 Å². The minimum atomic E-state index is 0.336. The van der Waals surface area contributed by atoms with E-state index in [2.05, 4.69) is 28.3 Å². The van der Waals surface area contributed by atoms with Crippen molar-refractivity contribution in [2.75, 3.05) is 11.9 Å². The zero-order valence-corrected chi connectivity index (χ0v) is 10.2. The van der Waals surface area contributed by atoms with E-state index in [-0.39, 0.29) is 0 Å². The first-order chi connectivity index (χ1) is 8.23. The minimum absolute atomic E-state index is 0.336. The summed E-state index contributed by atoms with van der Waals surface area (Å²) in [5, 5.41) is 12.2. The normalized spacial score (nSPS) is 18.4. The van der Waals surface area contributed by atoms with Gasteiger partial charge in [-0.25, -0.2) is 9.97 Å². The van der Waals surface area contributed by atoms with Crippen LogP contribution in [0, 0.1) is 16.7 Å². The third-order valence-electron chi connectivity index (χ3n) is 3.55. The summed E-state index contributed by atoms with van der Waals surface area (Å²) in [6.07, 6.45) is 9.64. The van der Waals surface area contributed by atoms with E-state index in [0.717, 1.165) is 6.54 Å². The summed E-state index contributed by atoms with van der Waals surface area (Å²) in [5.74, 6) is 0.613. The van der Waals surface area contributed by atoms with Crippen LogP contribution in [0.25, 0.3) is 0 Å². The van der Waals surface area contributed by atoms with Gasteiger partial charge in [-0.15, -0.1) is 0 Å². The van der Waals surface area contributed by atoms with E-state index < -0.39 is 0 Å². The Labute approximate surface area is 102 Å². The van der Waals surface area contributed by atoms with Crippen LogP contribution in [0.2, 0.25) is 0 Å². The molecule has 0 spiro atoms.